The molecule has 2 atom stereocenters. The van der Waals surface area contributed by atoms with Gasteiger partial charge in [-0.3, -0.25) is 0 Å². The lowest BCUT2D eigenvalue weighted by atomic mass is 9.99. The van der Waals surface area contributed by atoms with Crippen molar-refractivity contribution < 1.29 is 44.4 Å². The first-order valence-corrected chi connectivity index (χ1v) is 11.2. The molecular weight excluding hydrogens is 480 g/mol. The molecule has 0 radical (unpaired) electrons. The van der Waals surface area contributed by atoms with Crippen LogP contribution in [0.1, 0.15) is 0 Å². The lowest BCUT2D eigenvalue weighted by molar-refractivity contribution is -0.0384. The molecule has 14 heteroatoms. The number of nitrogens with zero attached hydrogens (tertiary/aromatic N) is 2. The van der Waals surface area contributed by atoms with Crippen LogP contribution in [0.15, 0.2) is 28.8 Å². The van der Waals surface area contributed by atoms with Crippen LogP contribution in [-0.4, -0.2) is 56.1 Å². The van der Waals surface area contributed by atoms with Crippen molar-refractivity contribution in [2.75, 3.05) is 24.3 Å². The number of aliphatic hydroxyl groups excluding tert-OH is 1. The van der Waals surface area contributed by atoms with Crippen LogP contribution in [0.5, 0.6) is 0 Å². The third-order valence-electron chi connectivity index (χ3n) is 5.29. The Kier molecular flexibility index (Phi) is 5.57. The predicted molar refractivity (Wildman–Crippen MR) is 104 cm³/mol. The third kappa shape index (κ3) is 3.91. The number of fused-ring (bicyclic) bond motifs is 1. The summed E-state index contributed by atoms with van der Waals surface area (Å²) in [6, 6.07) is -1.58. The maximum Gasteiger partial charge on any atom is 0.287 e. The number of sulfonamides is 1. The van der Waals surface area contributed by atoms with Crippen LogP contribution in [0.4, 0.5) is 32.2 Å². The highest BCUT2D eigenvalue weighted by Gasteiger charge is 2.58. The highest BCUT2D eigenvalue weighted by atomic mass is 32.2. The van der Waals surface area contributed by atoms with Crippen LogP contribution >= 0.6 is 0 Å². The second-order valence-corrected chi connectivity index (χ2v) is 9.29. The molecule has 1 aromatic heterocycles. The zero-order valence-electron chi connectivity index (χ0n) is 16.6. The number of anilines is 1. The minimum absolute atomic E-state index is 0.246. The standard InChI is InChI=1S/C19H15F6N3O4S/c1-33(30,31)27-13-6-28(14(7-29)19(13,24)25)18-17-12(32-26-18)3-2-9(21)16(17)15-10(22)4-8(20)5-11(15)23/h2-5,13-14,27,29H,6-7H2,1H3/t13-,14-/m1/s1. The van der Waals surface area contributed by atoms with E-state index in [1.807, 2.05) is 0 Å². The Morgan fingerprint density at radius 2 is 1.79 bits per heavy atom. The Morgan fingerprint density at radius 1 is 1.15 bits per heavy atom. The van der Waals surface area contributed by atoms with Crippen molar-refractivity contribution in [2.24, 2.45) is 0 Å². The fourth-order valence-electron chi connectivity index (χ4n) is 3.93. The highest BCUT2D eigenvalue weighted by Crippen LogP contribution is 2.44. The molecule has 7 nitrogen and oxygen atoms in total. The molecule has 178 valence electrons. The van der Waals surface area contributed by atoms with Gasteiger partial charge in [0.25, 0.3) is 5.92 Å². The summed E-state index contributed by atoms with van der Waals surface area (Å²) in [4.78, 5) is 0.761. The molecular formula is C19H15F6N3O4S. The van der Waals surface area contributed by atoms with Crippen molar-refractivity contribution in [3.8, 4) is 11.1 Å². The van der Waals surface area contributed by atoms with Crippen LogP contribution < -0.4 is 9.62 Å². The average Bonchev–Trinajstić information content (AvgIpc) is 3.20. The van der Waals surface area contributed by atoms with E-state index in [9.17, 15) is 39.9 Å². The first kappa shape index (κ1) is 23.3. The van der Waals surface area contributed by atoms with E-state index < -0.39 is 86.8 Å². The molecule has 4 rings (SSSR count). The van der Waals surface area contributed by atoms with Crippen molar-refractivity contribution >= 4 is 26.8 Å². The molecule has 0 bridgehead atoms. The average molecular weight is 495 g/mol. The smallest absolute Gasteiger partial charge is 0.287 e. The molecule has 0 aliphatic carbocycles. The van der Waals surface area contributed by atoms with Gasteiger partial charge in [-0.05, 0) is 12.1 Å². The first-order valence-electron chi connectivity index (χ1n) is 9.30. The van der Waals surface area contributed by atoms with Gasteiger partial charge >= 0.3 is 0 Å². The summed E-state index contributed by atoms with van der Waals surface area (Å²) < 4.78 is 117. The maximum absolute atomic E-state index is 14.9. The maximum atomic E-state index is 14.9. The molecule has 0 amide bonds. The lowest BCUT2D eigenvalue weighted by Crippen LogP contribution is -2.50. The number of aromatic nitrogens is 1. The van der Waals surface area contributed by atoms with Gasteiger partial charge in [0.1, 0.15) is 35.4 Å². The van der Waals surface area contributed by atoms with Gasteiger partial charge in [-0.15, -0.1) is 0 Å². The van der Waals surface area contributed by atoms with Gasteiger partial charge in [-0.1, -0.05) is 5.16 Å². The third-order valence-corrected chi connectivity index (χ3v) is 6.01. The van der Waals surface area contributed by atoms with Crippen LogP contribution in [-0.2, 0) is 10.0 Å². The Bertz CT molecular complexity index is 1320. The lowest BCUT2D eigenvalue weighted by Gasteiger charge is -2.26. The van der Waals surface area contributed by atoms with Crippen molar-refractivity contribution in [2.45, 2.75) is 18.0 Å². The number of rotatable bonds is 5. The van der Waals surface area contributed by atoms with Gasteiger partial charge in [-0.2, -0.15) is 0 Å². The van der Waals surface area contributed by atoms with Gasteiger partial charge < -0.3 is 14.5 Å². The van der Waals surface area contributed by atoms with Gasteiger partial charge in [0, 0.05) is 24.2 Å². The second-order valence-electron chi connectivity index (χ2n) is 7.51. The molecule has 1 aliphatic heterocycles. The summed E-state index contributed by atoms with van der Waals surface area (Å²) in [6.45, 7) is -1.91. The zero-order chi connectivity index (χ0) is 24.3. The first-order chi connectivity index (χ1) is 15.3. The fraction of sp³-hybridized carbons (Fsp3) is 0.316. The van der Waals surface area contributed by atoms with E-state index in [1.54, 1.807) is 4.72 Å². The van der Waals surface area contributed by atoms with E-state index in [-0.39, 0.29) is 5.58 Å². The van der Waals surface area contributed by atoms with E-state index in [0.29, 0.717) is 18.4 Å². The summed E-state index contributed by atoms with van der Waals surface area (Å²) in [6.07, 6.45) is 0.665. The van der Waals surface area contributed by atoms with Gasteiger partial charge in [-0.25, -0.2) is 39.5 Å². The molecule has 0 spiro atoms. The molecule has 0 saturated carbocycles. The van der Waals surface area contributed by atoms with E-state index in [1.165, 1.54) is 0 Å². The SMILES string of the molecule is CS(=O)(=O)N[C@@H]1CN(c2noc3ccc(F)c(-c4c(F)cc(F)cc4F)c23)[C@H](CO)C1(F)F. The summed E-state index contributed by atoms with van der Waals surface area (Å²) in [5, 5.41) is 12.8. The van der Waals surface area contributed by atoms with E-state index in [0.717, 1.165) is 17.0 Å². The fourth-order valence-corrected chi connectivity index (χ4v) is 4.68. The number of nitrogens with one attached hydrogen (secondary N) is 1. The van der Waals surface area contributed by atoms with Gasteiger partial charge in [0.05, 0.1) is 23.8 Å². The molecule has 2 aromatic carbocycles. The van der Waals surface area contributed by atoms with E-state index in [2.05, 4.69) is 5.16 Å². The molecule has 3 aromatic rings. The molecule has 1 fully saturated rings. The molecule has 1 saturated heterocycles. The summed E-state index contributed by atoms with van der Waals surface area (Å²) in [5.41, 5.74) is -2.00. The van der Waals surface area contributed by atoms with E-state index in [4.69, 9.17) is 4.52 Å². The number of aliphatic hydroxyl groups is 1. The van der Waals surface area contributed by atoms with Crippen LogP contribution in [0.3, 0.4) is 0 Å². The van der Waals surface area contributed by atoms with Crippen molar-refractivity contribution in [3.05, 3.63) is 47.5 Å². The number of hydrogen-bond acceptors (Lipinski definition) is 6. The van der Waals surface area contributed by atoms with Gasteiger partial charge in [0.15, 0.2) is 11.4 Å². The van der Waals surface area contributed by atoms with Crippen LogP contribution in [0.25, 0.3) is 22.1 Å². The predicted octanol–water partition coefficient (Wildman–Crippen LogP) is 2.79. The monoisotopic (exact) mass is 495 g/mol. The molecule has 0 unspecified atom stereocenters. The topological polar surface area (TPSA) is 95.7 Å². The van der Waals surface area contributed by atoms with Crippen molar-refractivity contribution in [1.82, 2.24) is 9.88 Å². The van der Waals surface area contributed by atoms with E-state index >= 15 is 0 Å². The number of alkyl halides is 2. The number of hydrogen-bond donors (Lipinski definition) is 2. The van der Waals surface area contributed by atoms with Crippen LogP contribution in [0, 0.1) is 23.3 Å². The molecule has 33 heavy (non-hydrogen) atoms. The summed E-state index contributed by atoms with van der Waals surface area (Å²) >= 11 is 0. The van der Waals surface area contributed by atoms with Crippen molar-refractivity contribution in [3.63, 3.8) is 0 Å². The quantitative estimate of drug-likeness (QED) is 0.529. The van der Waals surface area contributed by atoms with Crippen molar-refractivity contribution in [1.29, 1.82) is 0 Å². The minimum atomic E-state index is -4.09. The minimum Gasteiger partial charge on any atom is -0.394 e. The number of halogens is 6. The molecule has 1 aliphatic rings. The normalized spacial score (nSPS) is 20.7. The van der Waals surface area contributed by atoms with Gasteiger partial charge in [0.2, 0.25) is 10.0 Å². The Labute approximate surface area is 182 Å². The summed E-state index contributed by atoms with van der Waals surface area (Å²) in [7, 11) is -4.09. The highest BCUT2D eigenvalue weighted by molar-refractivity contribution is 7.88. The second kappa shape index (κ2) is 7.88. The molecule has 2 heterocycles. The molecule has 2 N–H and O–H groups in total. The summed E-state index contributed by atoms with van der Waals surface area (Å²) in [5.74, 6) is -9.71. The Hall–Kier alpha value is -2.84. The number of benzene rings is 2. The Morgan fingerprint density at radius 3 is 2.36 bits per heavy atom. The zero-order valence-corrected chi connectivity index (χ0v) is 17.4. The largest absolute Gasteiger partial charge is 0.394 e. The van der Waals surface area contributed by atoms with Crippen LogP contribution in [0.2, 0.25) is 0 Å². The Balaban J connectivity index is 1.94.